The molecule has 0 bridgehead atoms. The van der Waals surface area contributed by atoms with E-state index in [4.69, 9.17) is 4.74 Å². The lowest BCUT2D eigenvalue weighted by molar-refractivity contribution is -0.116. The van der Waals surface area contributed by atoms with E-state index in [1.54, 1.807) is 0 Å². The fraction of sp³-hybridized carbons (Fsp3) is 0.579. The molecule has 1 amide bonds. The lowest BCUT2D eigenvalue weighted by atomic mass is 9.95. The Morgan fingerprint density at radius 2 is 2.08 bits per heavy atom. The maximum atomic E-state index is 11.5. The van der Waals surface area contributed by atoms with Gasteiger partial charge in [0.15, 0.2) is 5.82 Å². The molecule has 4 rings (SSSR count). The number of fused-ring (bicyclic) bond motifs is 1. The van der Waals surface area contributed by atoms with Crippen LogP contribution in [0.25, 0.3) is 0 Å². The van der Waals surface area contributed by atoms with Gasteiger partial charge in [-0.15, -0.1) is 5.10 Å². The predicted octanol–water partition coefficient (Wildman–Crippen LogP) is 3.07. The van der Waals surface area contributed by atoms with Crippen molar-refractivity contribution in [3.05, 3.63) is 29.6 Å². The molecule has 138 valence electrons. The van der Waals surface area contributed by atoms with Gasteiger partial charge in [-0.2, -0.15) is 0 Å². The average Bonchev–Trinajstić information content (AvgIpc) is 3.14. The molecule has 7 nitrogen and oxygen atoms in total. The Hall–Kier alpha value is -2.44. The van der Waals surface area contributed by atoms with E-state index in [2.05, 4.69) is 20.8 Å². The van der Waals surface area contributed by atoms with Crippen LogP contribution in [0.5, 0.6) is 5.75 Å². The number of anilines is 1. The van der Waals surface area contributed by atoms with Crippen molar-refractivity contribution < 1.29 is 9.53 Å². The normalized spacial score (nSPS) is 17.6. The maximum Gasteiger partial charge on any atom is 0.224 e. The summed E-state index contributed by atoms with van der Waals surface area (Å²) in [5.74, 6) is 1.82. The second-order valence-electron chi connectivity index (χ2n) is 7.15. The number of rotatable bonds is 6. The van der Waals surface area contributed by atoms with Crippen molar-refractivity contribution in [3.8, 4) is 5.75 Å². The molecule has 0 saturated heterocycles. The van der Waals surface area contributed by atoms with E-state index in [1.165, 1.54) is 37.7 Å². The topological polar surface area (TPSA) is 81.9 Å². The zero-order chi connectivity index (χ0) is 17.8. The van der Waals surface area contributed by atoms with E-state index in [9.17, 15) is 4.79 Å². The lowest BCUT2D eigenvalue weighted by Gasteiger charge is -2.22. The zero-order valence-electron chi connectivity index (χ0n) is 15.0. The van der Waals surface area contributed by atoms with E-state index in [0.717, 1.165) is 36.5 Å². The molecule has 26 heavy (non-hydrogen) atoms. The second-order valence-corrected chi connectivity index (χ2v) is 7.15. The fourth-order valence-electron chi connectivity index (χ4n) is 3.85. The molecule has 0 radical (unpaired) electrons. The van der Waals surface area contributed by atoms with E-state index in [-0.39, 0.29) is 5.91 Å². The van der Waals surface area contributed by atoms with Crippen LogP contribution in [0.2, 0.25) is 0 Å². The summed E-state index contributed by atoms with van der Waals surface area (Å²) in [5, 5.41) is 15.2. The summed E-state index contributed by atoms with van der Waals surface area (Å²) in [6, 6.07) is 6.38. The third-order valence-electron chi connectivity index (χ3n) is 5.27. The first-order valence-corrected chi connectivity index (χ1v) is 9.62. The maximum absolute atomic E-state index is 11.5. The molecule has 2 aromatic rings. The Bertz CT molecular complexity index is 767. The van der Waals surface area contributed by atoms with Crippen LogP contribution >= 0.6 is 0 Å². The van der Waals surface area contributed by atoms with Gasteiger partial charge in [0.05, 0.1) is 12.6 Å². The van der Waals surface area contributed by atoms with Crippen LogP contribution in [-0.4, -0.2) is 32.7 Å². The van der Waals surface area contributed by atoms with Crippen molar-refractivity contribution in [1.29, 1.82) is 0 Å². The Morgan fingerprint density at radius 3 is 2.96 bits per heavy atom. The first-order chi connectivity index (χ1) is 12.8. The Labute approximate surface area is 153 Å². The number of hydrogen-bond donors (Lipinski definition) is 1. The minimum absolute atomic E-state index is 0.0733. The monoisotopic (exact) mass is 355 g/mol. The predicted molar refractivity (Wildman–Crippen MR) is 97.1 cm³/mol. The molecule has 0 unspecified atom stereocenters. The van der Waals surface area contributed by atoms with Gasteiger partial charge in [0.1, 0.15) is 5.75 Å². The summed E-state index contributed by atoms with van der Waals surface area (Å²) in [4.78, 5) is 11.5. The molecule has 0 spiro atoms. The van der Waals surface area contributed by atoms with Crippen LogP contribution in [0, 0.1) is 0 Å². The van der Waals surface area contributed by atoms with Gasteiger partial charge in [0.25, 0.3) is 0 Å². The van der Waals surface area contributed by atoms with E-state index >= 15 is 0 Å². The molecule has 7 heteroatoms. The van der Waals surface area contributed by atoms with Crippen molar-refractivity contribution in [2.45, 2.75) is 63.8 Å². The minimum atomic E-state index is 0.0733. The molecule has 1 aromatic heterocycles. The second kappa shape index (κ2) is 7.85. The fourth-order valence-corrected chi connectivity index (χ4v) is 3.85. The highest BCUT2D eigenvalue weighted by Crippen LogP contribution is 2.29. The summed E-state index contributed by atoms with van der Waals surface area (Å²) in [6.07, 6.45) is 9.23. The van der Waals surface area contributed by atoms with E-state index < -0.39 is 0 Å². The lowest BCUT2D eigenvalue weighted by Crippen LogP contribution is -2.19. The molecule has 1 aliphatic carbocycles. The number of aryl methyl sites for hydroxylation is 2. The summed E-state index contributed by atoms with van der Waals surface area (Å²) in [6.45, 7) is 0.601. The molecular weight excluding hydrogens is 330 g/mol. The number of carbonyl (C=O) groups is 1. The van der Waals surface area contributed by atoms with Crippen molar-refractivity contribution >= 4 is 11.6 Å². The average molecular weight is 355 g/mol. The summed E-state index contributed by atoms with van der Waals surface area (Å²) in [7, 11) is 0. The summed E-state index contributed by atoms with van der Waals surface area (Å²) < 4.78 is 7.88. The zero-order valence-corrected chi connectivity index (χ0v) is 15.0. The third-order valence-corrected chi connectivity index (χ3v) is 5.27. The number of amides is 1. The van der Waals surface area contributed by atoms with Crippen LogP contribution in [0.3, 0.4) is 0 Å². The number of ether oxygens (including phenoxy) is 1. The number of nitrogens with zero attached hydrogens (tertiary/aromatic N) is 4. The first kappa shape index (κ1) is 17.0. The van der Waals surface area contributed by atoms with Crippen LogP contribution in [0.15, 0.2) is 18.2 Å². The van der Waals surface area contributed by atoms with Gasteiger partial charge in [-0.25, -0.2) is 4.68 Å². The largest absolute Gasteiger partial charge is 0.494 e. The SMILES string of the molecule is O=C1CCc2ccc(OCCCc3nnnn3C3CCCCC3)cc2N1. The standard InChI is InChI=1S/C19H25N5O2/c25-19-11-9-14-8-10-16(13-17(14)20-19)26-12-4-7-18-21-22-23-24(18)15-5-2-1-3-6-15/h8,10,13,15H,1-7,9,11-12H2,(H,20,25). The minimum Gasteiger partial charge on any atom is -0.494 e. The Balaban J connectivity index is 1.29. The van der Waals surface area contributed by atoms with Gasteiger partial charge in [-0.3, -0.25) is 4.79 Å². The van der Waals surface area contributed by atoms with Gasteiger partial charge in [0.2, 0.25) is 5.91 Å². The molecule has 1 aromatic carbocycles. The quantitative estimate of drug-likeness (QED) is 0.805. The first-order valence-electron chi connectivity index (χ1n) is 9.62. The molecule has 1 aliphatic heterocycles. The van der Waals surface area contributed by atoms with E-state index in [0.29, 0.717) is 19.1 Å². The number of carbonyl (C=O) groups excluding carboxylic acids is 1. The van der Waals surface area contributed by atoms with Crippen molar-refractivity contribution in [2.75, 3.05) is 11.9 Å². The summed E-state index contributed by atoms with van der Waals surface area (Å²) >= 11 is 0. The van der Waals surface area contributed by atoms with Crippen LogP contribution in [0.4, 0.5) is 5.69 Å². The Kier molecular flexibility index (Phi) is 5.13. The van der Waals surface area contributed by atoms with Crippen LogP contribution in [-0.2, 0) is 17.6 Å². The van der Waals surface area contributed by atoms with Gasteiger partial charge in [0, 0.05) is 24.6 Å². The van der Waals surface area contributed by atoms with Crippen molar-refractivity contribution in [2.24, 2.45) is 0 Å². The van der Waals surface area contributed by atoms with Gasteiger partial charge < -0.3 is 10.1 Å². The molecule has 2 aliphatic rings. The van der Waals surface area contributed by atoms with Crippen molar-refractivity contribution in [1.82, 2.24) is 20.2 Å². The van der Waals surface area contributed by atoms with Crippen LogP contribution < -0.4 is 10.1 Å². The highest BCUT2D eigenvalue weighted by Gasteiger charge is 2.20. The van der Waals surface area contributed by atoms with Crippen molar-refractivity contribution in [3.63, 3.8) is 0 Å². The molecule has 0 atom stereocenters. The van der Waals surface area contributed by atoms with E-state index in [1.807, 2.05) is 22.9 Å². The number of benzene rings is 1. The third kappa shape index (κ3) is 3.86. The van der Waals surface area contributed by atoms with Gasteiger partial charge >= 0.3 is 0 Å². The molecule has 2 heterocycles. The highest BCUT2D eigenvalue weighted by atomic mass is 16.5. The number of nitrogens with one attached hydrogen (secondary N) is 1. The molecule has 1 fully saturated rings. The van der Waals surface area contributed by atoms with Gasteiger partial charge in [-0.05, 0) is 47.7 Å². The summed E-state index contributed by atoms with van der Waals surface area (Å²) in [5.41, 5.74) is 2.04. The smallest absolute Gasteiger partial charge is 0.224 e. The van der Waals surface area contributed by atoms with Gasteiger partial charge in [-0.1, -0.05) is 25.3 Å². The molecular formula is C19H25N5O2. The highest BCUT2D eigenvalue weighted by molar-refractivity contribution is 5.94. The molecule has 1 saturated carbocycles. The number of tetrazole rings is 1. The number of hydrogen-bond acceptors (Lipinski definition) is 5. The Morgan fingerprint density at radius 1 is 1.19 bits per heavy atom. The molecule has 1 N–H and O–H groups in total. The number of aromatic nitrogens is 4. The van der Waals surface area contributed by atoms with Crippen LogP contribution in [0.1, 0.15) is 62.4 Å².